The number of rotatable bonds is 11. The third-order valence-corrected chi connectivity index (χ3v) is 7.30. The lowest BCUT2D eigenvalue weighted by Gasteiger charge is -2.18. The summed E-state index contributed by atoms with van der Waals surface area (Å²) in [5.41, 5.74) is 9.18. The van der Waals surface area contributed by atoms with Crippen molar-refractivity contribution < 1.29 is 4.79 Å². The third-order valence-electron chi connectivity index (χ3n) is 7.30. The number of aromatic nitrogens is 2. The number of nitrogens with zero attached hydrogens (tertiary/aromatic N) is 2. The zero-order valence-corrected chi connectivity index (χ0v) is 21.4. The molecular formula is C29H41N3O. The average molecular weight is 448 g/mol. The molecule has 0 unspecified atom stereocenters. The van der Waals surface area contributed by atoms with E-state index in [-0.39, 0.29) is 11.8 Å². The fourth-order valence-corrected chi connectivity index (χ4v) is 4.79. The number of aryl methyl sites for hydroxylation is 3. The van der Waals surface area contributed by atoms with Crippen molar-refractivity contribution in [2.24, 2.45) is 5.92 Å². The molecule has 3 aromatic rings. The van der Waals surface area contributed by atoms with Gasteiger partial charge < -0.3 is 9.88 Å². The molecule has 0 aliphatic carbocycles. The molecule has 1 heterocycles. The van der Waals surface area contributed by atoms with Crippen LogP contribution in [0.25, 0.3) is 11.0 Å². The number of hydrogen-bond donors (Lipinski definition) is 1. The maximum atomic E-state index is 12.2. The van der Waals surface area contributed by atoms with Crippen molar-refractivity contribution in [2.45, 2.75) is 86.6 Å². The smallest absolute Gasteiger partial charge is 0.223 e. The van der Waals surface area contributed by atoms with Gasteiger partial charge in [0.15, 0.2) is 0 Å². The number of benzene rings is 2. The van der Waals surface area contributed by atoms with Crippen molar-refractivity contribution in [1.82, 2.24) is 14.9 Å². The highest BCUT2D eigenvalue weighted by Gasteiger charge is 2.15. The van der Waals surface area contributed by atoms with E-state index < -0.39 is 0 Å². The molecule has 1 N–H and O–H groups in total. The number of unbranched alkanes of at least 4 members (excludes halogenated alkanes) is 2. The van der Waals surface area contributed by atoms with E-state index in [0.717, 1.165) is 63.0 Å². The highest BCUT2D eigenvalue weighted by atomic mass is 16.1. The Balaban J connectivity index is 1.69. The molecule has 0 aliphatic rings. The zero-order valence-electron chi connectivity index (χ0n) is 21.4. The van der Waals surface area contributed by atoms with Crippen molar-refractivity contribution in [3.63, 3.8) is 0 Å². The summed E-state index contributed by atoms with van der Waals surface area (Å²) in [6, 6.07) is 10.8. The minimum Gasteiger partial charge on any atom is -0.356 e. The fraction of sp³-hybridized carbons (Fsp3) is 0.517. The lowest BCUT2D eigenvalue weighted by atomic mass is 9.94. The summed E-state index contributed by atoms with van der Waals surface area (Å²) in [4.78, 5) is 17.2. The van der Waals surface area contributed by atoms with Gasteiger partial charge in [-0.25, -0.2) is 4.98 Å². The molecule has 33 heavy (non-hydrogen) atoms. The van der Waals surface area contributed by atoms with Gasteiger partial charge in [0.1, 0.15) is 5.82 Å². The summed E-state index contributed by atoms with van der Waals surface area (Å²) in [6.07, 6.45) is 5.97. The summed E-state index contributed by atoms with van der Waals surface area (Å²) in [5, 5.41) is 3.11. The van der Waals surface area contributed by atoms with Crippen LogP contribution in [0.2, 0.25) is 0 Å². The Morgan fingerprint density at radius 3 is 2.30 bits per heavy atom. The summed E-state index contributed by atoms with van der Waals surface area (Å²) < 4.78 is 2.42. The van der Waals surface area contributed by atoms with E-state index in [4.69, 9.17) is 4.98 Å². The maximum absolute atomic E-state index is 12.2. The standard InChI is InChI=1S/C29H41N3O/c1-7-24(8-2)29(33)30-17-13-9-10-16-28-31-26-14-11-12-15-27(26)32(28)19-25-22(5)20(3)18-21(4)23(25)6/h11-12,14-15,18,24H,7-10,13,16-17,19H2,1-6H3,(H,30,33). The van der Waals surface area contributed by atoms with E-state index in [2.05, 4.69) is 81.8 Å². The molecule has 178 valence electrons. The first-order valence-corrected chi connectivity index (χ1v) is 12.6. The van der Waals surface area contributed by atoms with Gasteiger partial charge in [-0.15, -0.1) is 0 Å². The van der Waals surface area contributed by atoms with E-state index in [9.17, 15) is 4.79 Å². The highest BCUT2D eigenvalue weighted by molar-refractivity contribution is 5.78. The summed E-state index contributed by atoms with van der Waals surface area (Å²) in [7, 11) is 0. The van der Waals surface area contributed by atoms with Crippen LogP contribution in [0.15, 0.2) is 30.3 Å². The van der Waals surface area contributed by atoms with Crippen LogP contribution >= 0.6 is 0 Å². The van der Waals surface area contributed by atoms with E-state index in [1.54, 1.807) is 0 Å². The van der Waals surface area contributed by atoms with Crippen molar-refractivity contribution in [3.8, 4) is 0 Å². The Morgan fingerprint density at radius 2 is 1.64 bits per heavy atom. The first-order valence-electron chi connectivity index (χ1n) is 12.6. The second-order valence-electron chi connectivity index (χ2n) is 9.46. The number of fused-ring (bicyclic) bond motifs is 1. The van der Waals surface area contributed by atoms with Crippen LogP contribution in [0, 0.1) is 33.6 Å². The van der Waals surface area contributed by atoms with Crippen LogP contribution in [0.1, 0.15) is 79.6 Å². The van der Waals surface area contributed by atoms with Crippen molar-refractivity contribution in [1.29, 1.82) is 0 Å². The SMILES string of the molecule is CCC(CC)C(=O)NCCCCCc1nc2ccccc2n1Cc1c(C)c(C)cc(C)c1C. The minimum absolute atomic E-state index is 0.155. The average Bonchev–Trinajstić information content (AvgIpc) is 3.15. The normalized spacial score (nSPS) is 11.5. The second-order valence-corrected chi connectivity index (χ2v) is 9.46. The second kappa shape index (κ2) is 11.5. The molecule has 1 aromatic heterocycles. The number of carbonyl (C=O) groups excluding carboxylic acids is 1. The maximum Gasteiger partial charge on any atom is 0.223 e. The molecule has 1 amide bonds. The van der Waals surface area contributed by atoms with Gasteiger partial charge in [-0.05, 0) is 93.3 Å². The molecule has 4 heteroatoms. The molecule has 0 saturated carbocycles. The lowest BCUT2D eigenvalue weighted by molar-refractivity contribution is -0.125. The van der Waals surface area contributed by atoms with Crippen molar-refractivity contribution >= 4 is 16.9 Å². The van der Waals surface area contributed by atoms with Crippen LogP contribution in [-0.4, -0.2) is 22.0 Å². The minimum atomic E-state index is 0.155. The predicted molar refractivity (Wildman–Crippen MR) is 139 cm³/mol. The first-order chi connectivity index (χ1) is 15.9. The first kappa shape index (κ1) is 25.0. The van der Waals surface area contributed by atoms with Crippen LogP contribution in [0.3, 0.4) is 0 Å². The number of imidazole rings is 1. The Morgan fingerprint density at radius 1 is 0.970 bits per heavy atom. The van der Waals surface area contributed by atoms with Gasteiger partial charge in [0.05, 0.1) is 11.0 Å². The van der Waals surface area contributed by atoms with Crippen LogP contribution < -0.4 is 5.32 Å². The van der Waals surface area contributed by atoms with Crippen LogP contribution in [0.4, 0.5) is 0 Å². The molecule has 2 aromatic carbocycles. The van der Waals surface area contributed by atoms with Crippen molar-refractivity contribution in [2.75, 3.05) is 6.54 Å². The molecule has 4 nitrogen and oxygen atoms in total. The Hall–Kier alpha value is -2.62. The molecule has 0 bridgehead atoms. The quantitative estimate of drug-likeness (QED) is 0.337. The molecule has 0 saturated heterocycles. The largest absolute Gasteiger partial charge is 0.356 e. The molecule has 0 atom stereocenters. The Bertz CT molecular complexity index is 1070. The van der Waals surface area contributed by atoms with E-state index >= 15 is 0 Å². The third kappa shape index (κ3) is 5.85. The predicted octanol–water partition coefficient (Wildman–Crippen LogP) is 6.58. The van der Waals surface area contributed by atoms with Gasteiger partial charge in [0, 0.05) is 25.4 Å². The van der Waals surface area contributed by atoms with Gasteiger partial charge in [-0.2, -0.15) is 0 Å². The van der Waals surface area contributed by atoms with Crippen LogP contribution in [-0.2, 0) is 17.8 Å². The Kier molecular flexibility index (Phi) is 8.71. The fourth-order valence-electron chi connectivity index (χ4n) is 4.79. The van der Waals surface area contributed by atoms with Gasteiger partial charge in [-0.3, -0.25) is 4.79 Å². The molecule has 0 fully saturated rings. The highest BCUT2D eigenvalue weighted by Crippen LogP contribution is 2.26. The summed E-state index contributed by atoms with van der Waals surface area (Å²) in [5.74, 6) is 1.53. The van der Waals surface area contributed by atoms with Crippen LogP contribution in [0.5, 0.6) is 0 Å². The molecule has 3 rings (SSSR count). The Labute approximate surface area is 199 Å². The summed E-state index contributed by atoms with van der Waals surface area (Å²) >= 11 is 0. The van der Waals surface area contributed by atoms with Gasteiger partial charge in [0.2, 0.25) is 5.91 Å². The topological polar surface area (TPSA) is 46.9 Å². The molecule has 0 aliphatic heterocycles. The molecule has 0 spiro atoms. The van der Waals surface area contributed by atoms with Crippen molar-refractivity contribution in [3.05, 3.63) is 64.0 Å². The van der Waals surface area contributed by atoms with Gasteiger partial charge in [-0.1, -0.05) is 38.5 Å². The number of amides is 1. The lowest BCUT2D eigenvalue weighted by Crippen LogP contribution is -2.30. The number of hydrogen-bond acceptors (Lipinski definition) is 2. The number of para-hydroxylation sites is 2. The van der Waals surface area contributed by atoms with Gasteiger partial charge in [0.25, 0.3) is 0 Å². The van der Waals surface area contributed by atoms with E-state index in [0.29, 0.717) is 0 Å². The number of nitrogens with one attached hydrogen (secondary N) is 1. The van der Waals surface area contributed by atoms with E-state index in [1.807, 2.05) is 0 Å². The monoisotopic (exact) mass is 447 g/mol. The zero-order chi connectivity index (χ0) is 24.0. The van der Waals surface area contributed by atoms with Gasteiger partial charge >= 0.3 is 0 Å². The number of carbonyl (C=O) groups is 1. The molecular weight excluding hydrogens is 406 g/mol. The summed E-state index contributed by atoms with van der Waals surface area (Å²) in [6.45, 7) is 14.7. The molecule has 0 radical (unpaired) electrons. The van der Waals surface area contributed by atoms with E-state index in [1.165, 1.54) is 33.3 Å².